The van der Waals surface area contributed by atoms with Crippen LogP contribution in [0.3, 0.4) is 0 Å². The number of H-pyrrole nitrogens is 1. The van der Waals surface area contributed by atoms with Crippen LogP contribution in [0.5, 0.6) is 5.75 Å². The Kier molecular flexibility index (Phi) is 6.30. The van der Waals surface area contributed by atoms with Gasteiger partial charge in [0, 0.05) is 5.56 Å². The summed E-state index contributed by atoms with van der Waals surface area (Å²) in [6.07, 6.45) is 0. The van der Waals surface area contributed by atoms with E-state index in [1.807, 2.05) is 25.1 Å². The third-order valence-electron chi connectivity index (χ3n) is 5.49. The van der Waals surface area contributed by atoms with Gasteiger partial charge in [0.05, 0.1) is 42.3 Å². The maximum atomic E-state index is 12.8. The second kappa shape index (κ2) is 9.29. The first kappa shape index (κ1) is 24.4. The van der Waals surface area contributed by atoms with Crippen LogP contribution in [-0.4, -0.2) is 32.7 Å². The van der Waals surface area contributed by atoms with E-state index in [1.165, 1.54) is 12.1 Å². The number of imidazole rings is 1. The van der Waals surface area contributed by atoms with Crippen molar-refractivity contribution in [1.82, 2.24) is 20.4 Å². The number of hydrogen-bond donors (Lipinski definition) is 2. The Labute approximate surface area is 224 Å². The highest BCUT2D eigenvalue weighted by molar-refractivity contribution is 6.55. The van der Waals surface area contributed by atoms with Crippen molar-refractivity contribution < 1.29 is 19.1 Å². The van der Waals surface area contributed by atoms with Gasteiger partial charge in [-0.15, -0.1) is 0 Å². The first-order valence-electron chi connectivity index (χ1n) is 10.4. The van der Waals surface area contributed by atoms with Crippen molar-refractivity contribution in [1.29, 1.82) is 0 Å². The molecule has 0 spiro atoms. The molecule has 0 atom stereocenters. The van der Waals surface area contributed by atoms with Crippen LogP contribution in [-0.2, 0) is 6.61 Å². The number of hydrazine groups is 1. The number of aromatic amines is 1. The number of halogens is 4. The number of amides is 3. The molecule has 0 radical (unpaired) electrons. The Hall–Kier alpha value is -3.30. The average Bonchev–Trinajstić information content (AvgIpc) is 3.38. The molecule has 0 aliphatic carbocycles. The van der Waals surface area contributed by atoms with E-state index in [4.69, 9.17) is 51.1 Å². The predicted molar refractivity (Wildman–Crippen MR) is 136 cm³/mol. The number of nitrogens with one attached hydrogen (secondary N) is 2. The molecule has 2 heterocycles. The molecule has 12 heteroatoms. The summed E-state index contributed by atoms with van der Waals surface area (Å²) in [4.78, 5) is 46.0. The van der Waals surface area contributed by atoms with Gasteiger partial charge in [0.25, 0.3) is 17.7 Å². The van der Waals surface area contributed by atoms with Crippen molar-refractivity contribution in [3.05, 3.63) is 90.6 Å². The van der Waals surface area contributed by atoms with Crippen molar-refractivity contribution >= 4 is 75.2 Å². The Morgan fingerprint density at radius 2 is 1.56 bits per heavy atom. The van der Waals surface area contributed by atoms with E-state index in [-0.39, 0.29) is 43.4 Å². The number of benzene rings is 3. The number of carbonyl (C=O) groups is 3. The van der Waals surface area contributed by atoms with Gasteiger partial charge in [0.2, 0.25) is 0 Å². The van der Waals surface area contributed by atoms with Crippen LogP contribution in [0.2, 0.25) is 20.1 Å². The first-order valence-corrected chi connectivity index (χ1v) is 11.9. The lowest BCUT2D eigenvalue weighted by Crippen LogP contribution is -2.45. The van der Waals surface area contributed by atoms with E-state index in [1.54, 1.807) is 12.1 Å². The number of aromatic nitrogens is 2. The summed E-state index contributed by atoms with van der Waals surface area (Å²) in [6, 6.07) is 12.0. The van der Waals surface area contributed by atoms with Gasteiger partial charge in [-0.1, -0.05) is 52.5 Å². The summed E-state index contributed by atoms with van der Waals surface area (Å²) >= 11 is 24.2. The Balaban J connectivity index is 1.27. The number of carbonyl (C=O) groups excluding carboxylic acids is 3. The number of rotatable bonds is 5. The molecule has 1 aliphatic heterocycles. The van der Waals surface area contributed by atoms with Crippen LogP contribution in [0, 0.1) is 6.92 Å². The molecule has 36 heavy (non-hydrogen) atoms. The second-order valence-electron chi connectivity index (χ2n) is 7.91. The molecule has 182 valence electrons. The molecule has 1 aliphatic rings. The average molecular weight is 564 g/mol. The van der Waals surface area contributed by atoms with Crippen LogP contribution in [0.1, 0.15) is 42.5 Å². The molecule has 3 amide bonds. The summed E-state index contributed by atoms with van der Waals surface area (Å²) in [6.45, 7) is 2.19. The van der Waals surface area contributed by atoms with E-state index in [0.29, 0.717) is 16.6 Å². The highest BCUT2D eigenvalue weighted by Crippen LogP contribution is 2.44. The molecule has 4 aromatic rings. The fourth-order valence-electron chi connectivity index (χ4n) is 3.72. The zero-order valence-corrected chi connectivity index (χ0v) is 21.3. The summed E-state index contributed by atoms with van der Waals surface area (Å²) in [5.74, 6) is -1.33. The highest BCUT2D eigenvalue weighted by Gasteiger charge is 2.42. The molecule has 2 N–H and O–H groups in total. The molecule has 5 rings (SSSR count). The number of imide groups is 1. The Morgan fingerprint density at radius 3 is 2.17 bits per heavy atom. The molecule has 8 nitrogen and oxygen atoms in total. The number of hydrogen-bond acceptors (Lipinski definition) is 5. The topological polar surface area (TPSA) is 104 Å². The molecule has 0 fully saturated rings. The van der Waals surface area contributed by atoms with Gasteiger partial charge in [-0.25, -0.2) is 4.98 Å². The zero-order chi connectivity index (χ0) is 25.7. The number of fused-ring (bicyclic) bond motifs is 2. The minimum atomic E-state index is -0.880. The molecule has 0 saturated carbocycles. The summed E-state index contributed by atoms with van der Waals surface area (Å²) in [7, 11) is 0. The fraction of sp³-hybridized carbons (Fsp3) is 0.0833. The SMILES string of the molecule is Cc1ccc2nc(COc3ccc(C(=O)NN4C(=O)c5c(Cl)c(Cl)c(Cl)c(Cl)c5C4=O)cc3)[nH]c2c1. The van der Waals surface area contributed by atoms with Gasteiger partial charge in [-0.2, -0.15) is 5.01 Å². The monoisotopic (exact) mass is 562 g/mol. The van der Waals surface area contributed by atoms with Gasteiger partial charge in [-0.05, 0) is 48.9 Å². The van der Waals surface area contributed by atoms with Crippen molar-refractivity contribution in [3.63, 3.8) is 0 Å². The normalized spacial score (nSPS) is 12.9. The van der Waals surface area contributed by atoms with Gasteiger partial charge >= 0.3 is 0 Å². The predicted octanol–water partition coefficient (Wildman–Crippen LogP) is 6.00. The van der Waals surface area contributed by atoms with E-state index < -0.39 is 17.7 Å². The van der Waals surface area contributed by atoms with Crippen LogP contribution in [0.4, 0.5) is 0 Å². The third-order valence-corrected chi connectivity index (χ3v) is 7.29. The lowest BCUT2D eigenvalue weighted by molar-refractivity contribution is 0.0518. The van der Waals surface area contributed by atoms with Crippen LogP contribution in [0.15, 0.2) is 42.5 Å². The van der Waals surface area contributed by atoms with Crippen molar-refractivity contribution in [2.45, 2.75) is 13.5 Å². The Bertz CT molecular complexity index is 1540. The maximum absolute atomic E-state index is 12.8. The van der Waals surface area contributed by atoms with Crippen LogP contribution >= 0.6 is 46.4 Å². The van der Waals surface area contributed by atoms with Crippen molar-refractivity contribution in [3.8, 4) is 5.75 Å². The minimum Gasteiger partial charge on any atom is -0.486 e. The summed E-state index contributed by atoms with van der Waals surface area (Å²) < 4.78 is 5.75. The molecule has 0 bridgehead atoms. The Morgan fingerprint density at radius 1 is 0.944 bits per heavy atom. The van der Waals surface area contributed by atoms with Gasteiger partial charge in [0.15, 0.2) is 0 Å². The lowest BCUT2D eigenvalue weighted by atomic mass is 10.1. The fourth-order valence-corrected chi connectivity index (χ4v) is 4.73. The standard InChI is InChI=1S/C24H14Cl4N4O4/c1-10-2-7-13-14(8-10)30-15(29-13)9-36-12-5-3-11(4-6-12)22(33)31-32-23(34)16-17(24(32)35)19(26)21(28)20(27)18(16)25/h2-8H,9H2,1H3,(H,29,30)(H,31,33). The smallest absolute Gasteiger partial charge is 0.282 e. The molecular weight excluding hydrogens is 550 g/mol. The second-order valence-corrected chi connectivity index (χ2v) is 9.42. The maximum Gasteiger partial charge on any atom is 0.282 e. The van der Waals surface area contributed by atoms with Crippen molar-refractivity contribution in [2.75, 3.05) is 0 Å². The molecule has 1 aromatic heterocycles. The number of aryl methyl sites for hydroxylation is 1. The lowest BCUT2D eigenvalue weighted by Gasteiger charge is -2.15. The summed E-state index contributed by atoms with van der Waals surface area (Å²) in [5, 5.41) is -0.255. The quantitative estimate of drug-likeness (QED) is 0.176. The number of nitrogens with zero attached hydrogens (tertiary/aromatic N) is 2. The van der Waals surface area contributed by atoms with E-state index in [0.717, 1.165) is 16.6 Å². The van der Waals surface area contributed by atoms with Crippen LogP contribution < -0.4 is 10.2 Å². The third kappa shape index (κ3) is 4.16. The molecule has 0 saturated heterocycles. The first-order chi connectivity index (χ1) is 17.2. The number of ether oxygens (including phenoxy) is 1. The molecule has 0 unspecified atom stereocenters. The zero-order valence-electron chi connectivity index (χ0n) is 18.3. The van der Waals surface area contributed by atoms with E-state index in [9.17, 15) is 14.4 Å². The highest BCUT2D eigenvalue weighted by atomic mass is 35.5. The van der Waals surface area contributed by atoms with Gasteiger partial charge in [0.1, 0.15) is 18.2 Å². The van der Waals surface area contributed by atoms with E-state index >= 15 is 0 Å². The van der Waals surface area contributed by atoms with Gasteiger partial charge < -0.3 is 9.72 Å². The van der Waals surface area contributed by atoms with Crippen molar-refractivity contribution in [2.24, 2.45) is 0 Å². The van der Waals surface area contributed by atoms with Gasteiger partial charge in [-0.3, -0.25) is 19.8 Å². The van der Waals surface area contributed by atoms with Crippen LogP contribution in [0.25, 0.3) is 11.0 Å². The molecular formula is C24H14Cl4N4O4. The summed E-state index contributed by atoms with van der Waals surface area (Å²) in [5.41, 5.74) is 4.85. The minimum absolute atomic E-state index is 0.162. The molecule has 3 aromatic carbocycles. The largest absolute Gasteiger partial charge is 0.486 e. The van der Waals surface area contributed by atoms with E-state index in [2.05, 4.69) is 15.4 Å².